The molecule has 2 aromatic heterocycles. The number of aryl methyl sites for hydroxylation is 2. The summed E-state index contributed by atoms with van der Waals surface area (Å²) in [6, 6.07) is 7.14. The molecular weight excluding hydrogens is 452 g/mol. The first-order valence-electron chi connectivity index (χ1n) is 11.5. The Hall–Kier alpha value is -1.66. The van der Waals surface area contributed by atoms with E-state index in [9.17, 15) is 17.6 Å². The van der Waals surface area contributed by atoms with Gasteiger partial charge in [0.25, 0.3) is 0 Å². The van der Waals surface area contributed by atoms with E-state index in [1.807, 2.05) is 12.1 Å². The van der Waals surface area contributed by atoms with Gasteiger partial charge in [-0.2, -0.15) is 0 Å². The van der Waals surface area contributed by atoms with Crippen molar-refractivity contribution in [3.05, 3.63) is 57.3 Å². The van der Waals surface area contributed by atoms with E-state index in [0.717, 1.165) is 74.0 Å². The van der Waals surface area contributed by atoms with Gasteiger partial charge in [-0.15, -0.1) is 22.7 Å². The molecular formula is C26H30F4S2. The molecule has 1 aromatic carbocycles. The maximum atomic E-state index is 15.0. The number of halogens is 4. The topological polar surface area (TPSA) is 0 Å². The van der Waals surface area contributed by atoms with E-state index in [2.05, 4.69) is 13.8 Å². The number of benzene rings is 1. The molecule has 0 bridgehead atoms. The van der Waals surface area contributed by atoms with Gasteiger partial charge >= 0.3 is 0 Å². The molecule has 0 radical (unpaired) electrons. The Morgan fingerprint density at radius 2 is 0.938 bits per heavy atom. The second kappa shape index (κ2) is 12.0. The Balaban J connectivity index is 1.94. The Morgan fingerprint density at radius 3 is 1.31 bits per heavy atom. The Kier molecular flexibility index (Phi) is 9.35. The highest BCUT2D eigenvalue weighted by Gasteiger charge is 2.28. The molecule has 32 heavy (non-hydrogen) atoms. The van der Waals surface area contributed by atoms with Crippen LogP contribution in [0.3, 0.4) is 0 Å². The molecule has 174 valence electrons. The van der Waals surface area contributed by atoms with Crippen LogP contribution in [0, 0.1) is 23.3 Å². The van der Waals surface area contributed by atoms with Gasteiger partial charge in [0.1, 0.15) is 0 Å². The van der Waals surface area contributed by atoms with Crippen LogP contribution in [0.2, 0.25) is 0 Å². The van der Waals surface area contributed by atoms with Crippen molar-refractivity contribution >= 4 is 22.7 Å². The van der Waals surface area contributed by atoms with Crippen LogP contribution in [0.25, 0.3) is 20.9 Å². The van der Waals surface area contributed by atoms with Crippen molar-refractivity contribution in [3.63, 3.8) is 0 Å². The maximum Gasteiger partial charge on any atom is 0.198 e. The second-order valence-electron chi connectivity index (χ2n) is 8.16. The molecule has 0 amide bonds. The van der Waals surface area contributed by atoms with Gasteiger partial charge in [-0.3, -0.25) is 0 Å². The third-order valence-corrected chi connectivity index (χ3v) is 7.96. The van der Waals surface area contributed by atoms with Crippen LogP contribution in [-0.2, 0) is 12.8 Å². The van der Waals surface area contributed by atoms with Crippen LogP contribution in [0.15, 0.2) is 24.3 Å². The molecule has 0 saturated carbocycles. The minimum Gasteiger partial charge on any atom is -0.203 e. The Labute approximate surface area is 196 Å². The first-order valence-corrected chi connectivity index (χ1v) is 13.1. The summed E-state index contributed by atoms with van der Waals surface area (Å²) in [5, 5.41) is 0. The van der Waals surface area contributed by atoms with Crippen LogP contribution in [-0.4, -0.2) is 0 Å². The average Bonchev–Trinajstić information content (AvgIpc) is 3.45. The summed E-state index contributed by atoms with van der Waals surface area (Å²) in [5.41, 5.74) is -0.351. The lowest BCUT2D eigenvalue weighted by Crippen LogP contribution is -2.02. The van der Waals surface area contributed by atoms with E-state index < -0.39 is 23.3 Å². The van der Waals surface area contributed by atoms with Gasteiger partial charge in [-0.05, 0) is 49.9 Å². The lowest BCUT2D eigenvalue weighted by molar-refractivity contribution is 0.412. The molecule has 0 saturated heterocycles. The number of unbranched alkanes of at least 4 members (excludes halogenated alkanes) is 6. The minimum atomic E-state index is -1.75. The normalized spacial score (nSPS) is 11.4. The number of rotatable bonds is 12. The lowest BCUT2D eigenvalue weighted by atomic mass is 10.0. The fraction of sp³-hybridized carbons (Fsp3) is 0.462. The third-order valence-electron chi connectivity index (χ3n) is 5.64. The van der Waals surface area contributed by atoms with E-state index in [-0.39, 0.29) is 11.1 Å². The second-order valence-corrected chi connectivity index (χ2v) is 10.5. The SMILES string of the molecule is CCCCCCc1ccc(-c2c(F)c(F)c(F)c(F)c2-c2ccc(CCCCCC)s2)s1. The van der Waals surface area contributed by atoms with Crippen LogP contribution in [0.5, 0.6) is 0 Å². The highest BCUT2D eigenvalue weighted by atomic mass is 32.1. The summed E-state index contributed by atoms with van der Waals surface area (Å²) in [7, 11) is 0. The quantitative estimate of drug-likeness (QED) is 0.104. The molecule has 2 heterocycles. The highest BCUT2D eigenvalue weighted by molar-refractivity contribution is 7.16. The van der Waals surface area contributed by atoms with E-state index in [1.54, 1.807) is 12.1 Å². The molecule has 0 nitrogen and oxygen atoms in total. The fourth-order valence-electron chi connectivity index (χ4n) is 3.84. The van der Waals surface area contributed by atoms with E-state index in [4.69, 9.17) is 0 Å². The third kappa shape index (κ3) is 5.82. The summed E-state index contributed by atoms with van der Waals surface area (Å²) in [5.74, 6) is -6.15. The minimum absolute atomic E-state index is 0.175. The summed E-state index contributed by atoms with van der Waals surface area (Å²) in [4.78, 5) is 2.93. The van der Waals surface area contributed by atoms with Gasteiger partial charge < -0.3 is 0 Å². The number of hydrogen-bond acceptors (Lipinski definition) is 2. The predicted molar refractivity (Wildman–Crippen MR) is 129 cm³/mol. The molecule has 0 atom stereocenters. The van der Waals surface area contributed by atoms with Crippen molar-refractivity contribution in [1.29, 1.82) is 0 Å². The zero-order valence-corrected chi connectivity index (χ0v) is 20.3. The van der Waals surface area contributed by atoms with Gasteiger partial charge in [0, 0.05) is 30.6 Å². The Morgan fingerprint density at radius 1 is 0.531 bits per heavy atom. The molecule has 0 unspecified atom stereocenters. The van der Waals surface area contributed by atoms with Gasteiger partial charge in [-0.25, -0.2) is 17.6 Å². The van der Waals surface area contributed by atoms with E-state index in [0.29, 0.717) is 9.75 Å². The maximum absolute atomic E-state index is 15.0. The molecule has 0 aliphatic rings. The monoisotopic (exact) mass is 482 g/mol. The summed E-state index contributed by atoms with van der Waals surface area (Å²) >= 11 is 2.65. The van der Waals surface area contributed by atoms with Crippen molar-refractivity contribution in [3.8, 4) is 20.9 Å². The zero-order valence-electron chi connectivity index (χ0n) is 18.7. The molecule has 6 heteroatoms. The van der Waals surface area contributed by atoms with Crippen molar-refractivity contribution < 1.29 is 17.6 Å². The lowest BCUT2D eigenvalue weighted by Gasteiger charge is -2.11. The molecule has 0 spiro atoms. The number of hydrogen-bond donors (Lipinski definition) is 0. The molecule has 0 fully saturated rings. The summed E-state index contributed by atoms with van der Waals surface area (Å²) in [6.07, 6.45) is 10.5. The fourth-order valence-corrected chi connectivity index (χ4v) is 6.03. The van der Waals surface area contributed by atoms with Gasteiger partial charge in [0.2, 0.25) is 0 Å². The van der Waals surface area contributed by atoms with Crippen LogP contribution >= 0.6 is 22.7 Å². The van der Waals surface area contributed by atoms with Crippen LogP contribution in [0.1, 0.15) is 75.0 Å². The van der Waals surface area contributed by atoms with E-state index in [1.165, 1.54) is 22.7 Å². The van der Waals surface area contributed by atoms with E-state index >= 15 is 0 Å². The highest BCUT2D eigenvalue weighted by Crippen LogP contribution is 2.44. The molecule has 3 aromatic rings. The first-order chi connectivity index (χ1) is 15.5. The van der Waals surface area contributed by atoms with Gasteiger partial charge in [0.15, 0.2) is 23.3 Å². The van der Waals surface area contributed by atoms with Crippen LogP contribution < -0.4 is 0 Å². The molecule has 0 aliphatic heterocycles. The largest absolute Gasteiger partial charge is 0.203 e. The van der Waals surface area contributed by atoms with Crippen LogP contribution in [0.4, 0.5) is 17.6 Å². The molecule has 0 aliphatic carbocycles. The standard InChI is InChI=1S/C26H30F4S2/c1-3-5-7-9-11-17-13-15-19(31-17)21-22(24(28)26(30)25(29)23(21)27)20-16-14-18(32-20)12-10-8-6-4-2/h13-16H,3-12H2,1-2H3. The summed E-state index contributed by atoms with van der Waals surface area (Å²) < 4.78 is 58.3. The number of thiophene rings is 2. The van der Waals surface area contributed by atoms with Crippen molar-refractivity contribution in [2.24, 2.45) is 0 Å². The molecule has 3 rings (SSSR count). The van der Waals surface area contributed by atoms with Gasteiger partial charge in [0.05, 0.1) is 0 Å². The smallest absolute Gasteiger partial charge is 0.198 e. The Bertz CT molecular complexity index is 938. The van der Waals surface area contributed by atoms with Crippen molar-refractivity contribution in [2.45, 2.75) is 78.1 Å². The van der Waals surface area contributed by atoms with Gasteiger partial charge in [-0.1, -0.05) is 52.4 Å². The van der Waals surface area contributed by atoms with Crippen molar-refractivity contribution in [2.75, 3.05) is 0 Å². The molecule has 0 N–H and O–H groups in total. The summed E-state index contributed by atoms with van der Waals surface area (Å²) in [6.45, 7) is 4.29. The first kappa shape index (κ1) is 25.0. The van der Waals surface area contributed by atoms with Crippen molar-refractivity contribution in [1.82, 2.24) is 0 Å². The average molecular weight is 483 g/mol. The predicted octanol–water partition coefficient (Wildman–Crippen LogP) is 9.95. The zero-order chi connectivity index (χ0) is 23.1.